The fourth-order valence-electron chi connectivity index (χ4n) is 4.54. The third-order valence-electron chi connectivity index (χ3n) is 6.32. The average molecular weight is 421 g/mol. The number of nitrogens with zero attached hydrogens (tertiary/aromatic N) is 4. The van der Waals surface area contributed by atoms with E-state index < -0.39 is 0 Å². The van der Waals surface area contributed by atoms with Gasteiger partial charge in [-0.3, -0.25) is 14.6 Å². The smallest absolute Gasteiger partial charge is 0.228 e. The summed E-state index contributed by atoms with van der Waals surface area (Å²) in [6.07, 6.45) is 3.87. The van der Waals surface area contributed by atoms with Gasteiger partial charge in [-0.05, 0) is 50.2 Å². The summed E-state index contributed by atoms with van der Waals surface area (Å²) in [5.41, 5.74) is 3.29. The van der Waals surface area contributed by atoms with Crippen LogP contribution in [0.2, 0.25) is 0 Å². The molecule has 164 valence electrons. The number of aromatic nitrogens is 1. The molecule has 1 saturated carbocycles. The maximum Gasteiger partial charge on any atom is 0.228 e. The Bertz CT molecular complexity index is 909. The first-order chi connectivity index (χ1) is 14.9. The van der Waals surface area contributed by atoms with Crippen molar-refractivity contribution in [1.29, 1.82) is 0 Å². The van der Waals surface area contributed by atoms with Crippen molar-refractivity contribution in [3.8, 4) is 0 Å². The van der Waals surface area contributed by atoms with Crippen molar-refractivity contribution in [2.24, 2.45) is 5.92 Å². The molecular weight excluding hydrogens is 388 g/mol. The minimum atomic E-state index is -0.215. The van der Waals surface area contributed by atoms with E-state index in [2.05, 4.69) is 48.2 Å². The highest BCUT2D eigenvalue weighted by molar-refractivity contribution is 5.83. The molecule has 4 rings (SSSR count). The summed E-state index contributed by atoms with van der Waals surface area (Å²) >= 11 is 0. The molecule has 2 amide bonds. The molecule has 0 spiro atoms. The second-order valence-corrected chi connectivity index (χ2v) is 9.13. The van der Waals surface area contributed by atoms with E-state index in [1.165, 1.54) is 5.56 Å². The van der Waals surface area contributed by atoms with Crippen LogP contribution in [0.15, 0.2) is 48.7 Å². The number of carbonyl (C=O) groups is 2. The Hall–Kier alpha value is -2.73. The second-order valence-electron chi connectivity index (χ2n) is 9.13. The number of hydrogen-bond acceptors (Lipinski definition) is 4. The molecular formula is C25H32N4O2. The van der Waals surface area contributed by atoms with Gasteiger partial charge in [-0.2, -0.15) is 0 Å². The first kappa shape index (κ1) is 21.5. The summed E-state index contributed by atoms with van der Waals surface area (Å²) in [7, 11) is 4.11. The van der Waals surface area contributed by atoms with E-state index in [0.29, 0.717) is 25.7 Å². The first-order valence-corrected chi connectivity index (χ1v) is 11.1. The molecule has 1 aliphatic heterocycles. The van der Waals surface area contributed by atoms with Crippen LogP contribution >= 0.6 is 0 Å². The summed E-state index contributed by atoms with van der Waals surface area (Å²) in [6, 6.07) is 14.7. The number of rotatable bonds is 7. The molecule has 6 heteroatoms. The van der Waals surface area contributed by atoms with E-state index in [9.17, 15) is 9.59 Å². The fourth-order valence-corrected chi connectivity index (χ4v) is 4.54. The number of carbonyl (C=O) groups excluding carboxylic acids is 2. The zero-order valence-electron chi connectivity index (χ0n) is 18.7. The summed E-state index contributed by atoms with van der Waals surface area (Å²) in [5, 5.41) is 0. The van der Waals surface area contributed by atoms with Gasteiger partial charge in [-0.25, -0.2) is 0 Å². The normalized spacial score (nSPS) is 20.8. The lowest BCUT2D eigenvalue weighted by atomic mass is 9.87. The predicted molar refractivity (Wildman–Crippen MR) is 120 cm³/mol. The van der Waals surface area contributed by atoms with E-state index in [0.717, 1.165) is 30.6 Å². The van der Waals surface area contributed by atoms with Gasteiger partial charge in [0.2, 0.25) is 11.8 Å². The van der Waals surface area contributed by atoms with E-state index in [1.54, 1.807) is 13.1 Å². The Morgan fingerprint density at radius 2 is 1.77 bits per heavy atom. The lowest BCUT2D eigenvalue weighted by Gasteiger charge is -2.28. The maximum absolute atomic E-state index is 13.7. The Kier molecular flexibility index (Phi) is 6.37. The van der Waals surface area contributed by atoms with Crippen LogP contribution in [0.1, 0.15) is 42.5 Å². The molecule has 1 aromatic carbocycles. The van der Waals surface area contributed by atoms with Gasteiger partial charge in [0.05, 0.1) is 18.2 Å². The highest BCUT2D eigenvalue weighted by atomic mass is 16.2. The van der Waals surface area contributed by atoms with Crippen LogP contribution in [0, 0.1) is 5.92 Å². The van der Waals surface area contributed by atoms with E-state index in [4.69, 9.17) is 0 Å². The van der Waals surface area contributed by atoms with Gasteiger partial charge < -0.3 is 14.7 Å². The van der Waals surface area contributed by atoms with Crippen molar-refractivity contribution in [3.63, 3.8) is 0 Å². The van der Waals surface area contributed by atoms with Crippen molar-refractivity contribution in [1.82, 2.24) is 19.7 Å². The standard InChI is InChI=1S/C25H32N4O2/c1-18(30)28-16-23(20-9-7-19(8-10-20)14-27(2)3)24(17-28)25(31)29(22-11-12-22)15-21-6-4-5-13-26-21/h4-10,13,22-24H,11-12,14-17H2,1-3H3/t23-,24+/m1/s1. The highest BCUT2D eigenvalue weighted by Crippen LogP contribution is 2.37. The van der Waals surface area contributed by atoms with Crippen LogP contribution < -0.4 is 0 Å². The Morgan fingerprint density at radius 1 is 1.03 bits per heavy atom. The van der Waals surface area contributed by atoms with Gasteiger partial charge in [0.15, 0.2) is 0 Å². The maximum atomic E-state index is 13.7. The number of likely N-dealkylation sites (tertiary alicyclic amines) is 1. The van der Waals surface area contributed by atoms with Crippen LogP contribution in [-0.4, -0.2) is 64.7 Å². The number of pyridine rings is 1. The molecule has 6 nitrogen and oxygen atoms in total. The fraction of sp³-hybridized carbons (Fsp3) is 0.480. The minimum Gasteiger partial charge on any atom is -0.341 e. The molecule has 31 heavy (non-hydrogen) atoms. The topological polar surface area (TPSA) is 56.8 Å². The van der Waals surface area contributed by atoms with Gasteiger partial charge in [0.25, 0.3) is 0 Å². The van der Waals surface area contributed by atoms with Gasteiger partial charge in [-0.1, -0.05) is 30.3 Å². The Labute approximate surface area is 184 Å². The van der Waals surface area contributed by atoms with Gasteiger partial charge in [-0.15, -0.1) is 0 Å². The molecule has 0 radical (unpaired) electrons. The summed E-state index contributed by atoms with van der Waals surface area (Å²) in [6.45, 7) is 4.10. The van der Waals surface area contributed by atoms with Crippen molar-refractivity contribution >= 4 is 11.8 Å². The zero-order chi connectivity index (χ0) is 22.0. The van der Waals surface area contributed by atoms with Crippen molar-refractivity contribution < 1.29 is 9.59 Å². The number of benzene rings is 1. The van der Waals surface area contributed by atoms with Crippen molar-refractivity contribution in [2.75, 3.05) is 27.2 Å². The van der Waals surface area contributed by atoms with Gasteiger partial charge in [0, 0.05) is 44.7 Å². The van der Waals surface area contributed by atoms with Crippen LogP contribution in [-0.2, 0) is 22.7 Å². The Balaban J connectivity index is 1.57. The van der Waals surface area contributed by atoms with Crippen LogP contribution in [0.25, 0.3) is 0 Å². The molecule has 1 aromatic heterocycles. The third kappa shape index (κ3) is 5.13. The van der Waals surface area contributed by atoms with Crippen LogP contribution in [0.5, 0.6) is 0 Å². The van der Waals surface area contributed by atoms with E-state index in [-0.39, 0.29) is 23.7 Å². The van der Waals surface area contributed by atoms with E-state index >= 15 is 0 Å². The lowest BCUT2D eigenvalue weighted by Crippen LogP contribution is -2.40. The van der Waals surface area contributed by atoms with Crippen molar-refractivity contribution in [3.05, 3.63) is 65.5 Å². The van der Waals surface area contributed by atoms with E-state index in [1.807, 2.05) is 28.0 Å². The number of amides is 2. The molecule has 2 fully saturated rings. The lowest BCUT2D eigenvalue weighted by molar-refractivity contribution is -0.137. The molecule has 0 N–H and O–H groups in total. The highest BCUT2D eigenvalue weighted by Gasteiger charge is 2.44. The number of hydrogen-bond donors (Lipinski definition) is 0. The molecule has 2 aliphatic rings. The average Bonchev–Trinajstić information content (AvgIpc) is 3.49. The monoisotopic (exact) mass is 420 g/mol. The van der Waals surface area contributed by atoms with Gasteiger partial charge >= 0.3 is 0 Å². The summed E-state index contributed by atoms with van der Waals surface area (Å²) in [5.74, 6) is -0.00537. The minimum absolute atomic E-state index is 0.0230. The predicted octanol–water partition coefficient (Wildman–Crippen LogP) is 2.90. The SMILES string of the molecule is CC(=O)N1C[C@H](C(=O)N(Cc2ccccn2)C2CC2)[C@@H](c2ccc(CN(C)C)cc2)C1. The Morgan fingerprint density at radius 3 is 2.35 bits per heavy atom. The van der Waals surface area contributed by atoms with Crippen LogP contribution in [0.3, 0.4) is 0 Å². The van der Waals surface area contributed by atoms with Crippen molar-refractivity contribution in [2.45, 2.75) is 44.8 Å². The third-order valence-corrected chi connectivity index (χ3v) is 6.32. The first-order valence-electron chi connectivity index (χ1n) is 11.1. The molecule has 0 unspecified atom stereocenters. The van der Waals surface area contributed by atoms with Crippen LogP contribution in [0.4, 0.5) is 0 Å². The largest absolute Gasteiger partial charge is 0.341 e. The quantitative estimate of drug-likeness (QED) is 0.691. The van der Waals surface area contributed by atoms with Gasteiger partial charge in [0.1, 0.15) is 0 Å². The summed E-state index contributed by atoms with van der Waals surface area (Å²) in [4.78, 5) is 36.3. The molecule has 2 heterocycles. The molecule has 1 aliphatic carbocycles. The second kappa shape index (κ2) is 9.18. The molecule has 0 bridgehead atoms. The zero-order valence-corrected chi connectivity index (χ0v) is 18.7. The molecule has 2 aromatic rings. The molecule has 2 atom stereocenters. The summed E-state index contributed by atoms with van der Waals surface area (Å²) < 4.78 is 0. The molecule has 1 saturated heterocycles.